The molecule has 0 radical (unpaired) electrons. The SMILES string of the molecule is C#CCNc1ccc(-c2ccccc2)cc1. The molecule has 2 aromatic carbocycles. The van der Waals surface area contributed by atoms with Crippen LogP contribution in [0.25, 0.3) is 11.1 Å². The summed E-state index contributed by atoms with van der Waals surface area (Å²) >= 11 is 0. The molecule has 1 heteroatoms. The summed E-state index contributed by atoms with van der Waals surface area (Å²) in [7, 11) is 0. The fourth-order valence-electron chi connectivity index (χ4n) is 1.56. The Morgan fingerprint density at radius 2 is 1.50 bits per heavy atom. The number of hydrogen-bond acceptors (Lipinski definition) is 1. The Balaban J connectivity index is 2.17. The Morgan fingerprint density at radius 3 is 2.12 bits per heavy atom. The van der Waals surface area contributed by atoms with Crippen molar-refractivity contribution in [2.24, 2.45) is 0 Å². The normalized spacial score (nSPS) is 9.44. The van der Waals surface area contributed by atoms with E-state index >= 15 is 0 Å². The highest BCUT2D eigenvalue weighted by Crippen LogP contribution is 2.20. The fourth-order valence-corrected chi connectivity index (χ4v) is 1.56. The van der Waals surface area contributed by atoms with Crippen LogP contribution in [0.4, 0.5) is 5.69 Å². The van der Waals surface area contributed by atoms with Crippen molar-refractivity contribution in [1.82, 2.24) is 0 Å². The number of rotatable bonds is 3. The maximum atomic E-state index is 5.18. The zero-order chi connectivity index (χ0) is 11.2. The van der Waals surface area contributed by atoms with Crippen LogP contribution in [0, 0.1) is 12.3 Å². The largest absolute Gasteiger partial charge is 0.374 e. The molecule has 0 aromatic heterocycles. The number of terminal acetylenes is 1. The maximum absolute atomic E-state index is 5.18. The van der Waals surface area contributed by atoms with Crippen LogP contribution < -0.4 is 5.32 Å². The molecular formula is C15H13N. The van der Waals surface area contributed by atoms with Gasteiger partial charge in [-0.25, -0.2) is 0 Å². The molecule has 0 heterocycles. The molecule has 0 saturated heterocycles. The predicted octanol–water partition coefficient (Wildman–Crippen LogP) is 3.40. The lowest BCUT2D eigenvalue weighted by Gasteiger charge is -2.04. The predicted molar refractivity (Wildman–Crippen MR) is 69.2 cm³/mol. The number of nitrogens with one attached hydrogen (secondary N) is 1. The molecule has 16 heavy (non-hydrogen) atoms. The second kappa shape index (κ2) is 5.04. The highest BCUT2D eigenvalue weighted by atomic mass is 14.8. The van der Waals surface area contributed by atoms with Crippen molar-refractivity contribution in [3.63, 3.8) is 0 Å². The van der Waals surface area contributed by atoms with Crippen LogP contribution in [0.3, 0.4) is 0 Å². The van der Waals surface area contributed by atoms with Crippen LogP contribution in [0.15, 0.2) is 54.6 Å². The third kappa shape index (κ3) is 2.43. The van der Waals surface area contributed by atoms with Crippen molar-refractivity contribution in [2.45, 2.75) is 0 Å². The molecule has 78 valence electrons. The molecule has 0 bridgehead atoms. The second-order valence-electron chi connectivity index (χ2n) is 3.50. The van der Waals surface area contributed by atoms with E-state index in [0.717, 1.165) is 5.69 Å². The van der Waals surface area contributed by atoms with Crippen LogP contribution in [0.5, 0.6) is 0 Å². The van der Waals surface area contributed by atoms with Crippen LogP contribution in [-0.4, -0.2) is 6.54 Å². The molecule has 2 rings (SSSR count). The van der Waals surface area contributed by atoms with Crippen molar-refractivity contribution < 1.29 is 0 Å². The van der Waals surface area contributed by atoms with Gasteiger partial charge in [-0.15, -0.1) is 6.42 Å². The third-order valence-electron chi connectivity index (χ3n) is 2.39. The van der Waals surface area contributed by atoms with E-state index in [1.165, 1.54) is 11.1 Å². The highest BCUT2D eigenvalue weighted by Gasteiger charge is 1.96. The summed E-state index contributed by atoms with van der Waals surface area (Å²) in [5, 5.41) is 3.14. The van der Waals surface area contributed by atoms with E-state index in [-0.39, 0.29) is 0 Å². The van der Waals surface area contributed by atoms with Crippen LogP contribution in [0.1, 0.15) is 0 Å². The quantitative estimate of drug-likeness (QED) is 0.761. The Kier molecular flexibility index (Phi) is 3.25. The lowest BCUT2D eigenvalue weighted by atomic mass is 10.1. The molecule has 1 N–H and O–H groups in total. The van der Waals surface area contributed by atoms with Crippen molar-refractivity contribution in [3.8, 4) is 23.5 Å². The van der Waals surface area contributed by atoms with E-state index < -0.39 is 0 Å². The summed E-state index contributed by atoms with van der Waals surface area (Å²) in [6.45, 7) is 0.560. The topological polar surface area (TPSA) is 12.0 Å². The molecule has 0 amide bonds. The Morgan fingerprint density at radius 1 is 0.875 bits per heavy atom. The average molecular weight is 207 g/mol. The first-order valence-corrected chi connectivity index (χ1v) is 5.23. The zero-order valence-corrected chi connectivity index (χ0v) is 8.98. The maximum Gasteiger partial charge on any atom is 0.0763 e. The molecule has 2 aromatic rings. The average Bonchev–Trinajstić information content (AvgIpc) is 2.38. The Bertz CT molecular complexity index is 477. The van der Waals surface area contributed by atoms with Gasteiger partial charge >= 0.3 is 0 Å². The van der Waals surface area contributed by atoms with E-state index in [2.05, 4.69) is 35.5 Å². The molecular weight excluding hydrogens is 194 g/mol. The smallest absolute Gasteiger partial charge is 0.0763 e. The van der Waals surface area contributed by atoms with Crippen molar-refractivity contribution >= 4 is 5.69 Å². The molecule has 0 aliphatic rings. The molecule has 0 spiro atoms. The highest BCUT2D eigenvalue weighted by molar-refractivity contribution is 5.65. The number of benzene rings is 2. The zero-order valence-electron chi connectivity index (χ0n) is 8.98. The first-order chi connectivity index (χ1) is 7.90. The lowest BCUT2D eigenvalue weighted by Crippen LogP contribution is -1.97. The molecule has 0 aliphatic carbocycles. The Labute approximate surface area is 96.1 Å². The van der Waals surface area contributed by atoms with Gasteiger partial charge in [-0.05, 0) is 23.3 Å². The summed E-state index contributed by atoms with van der Waals surface area (Å²) < 4.78 is 0. The summed E-state index contributed by atoms with van der Waals surface area (Å²) in [6, 6.07) is 18.6. The van der Waals surface area contributed by atoms with Gasteiger partial charge in [0.1, 0.15) is 0 Å². The molecule has 0 fully saturated rings. The minimum Gasteiger partial charge on any atom is -0.374 e. The first-order valence-electron chi connectivity index (χ1n) is 5.23. The number of anilines is 1. The standard InChI is InChI=1S/C15H13N/c1-2-12-16-15-10-8-14(9-11-15)13-6-4-3-5-7-13/h1,3-11,16H,12H2. The summed E-state index contributed by atoms with van der Waals surface area (Å²) in [4.78, 5) is 0. The van der Waals surface area contributed by atoms with Gasteiger partial charge in [0.05, 0.1) is 6.54 Å². The van der Waals surface area contributed by atoms with E-state index in [4.69, 9.17) is 6.42 Å². The van der Waals surface area contributed by atoms with Gasteiger partial charge in [-0.3, -0.25) is 0 Å². The van der Waals surface area contributed by atoms with Crippen molar-refractivity contribution in [3.05, 3.63) is 54.6 Å². The van der Waals surface area contributed by atoms with E-state index in [1.54, 1.807) is 0 Å². The summed E-state index contributed by atoms with van der Waals surface area (Å²) in [5.41, 5.74) is 3.50. The van der Waals surface area contributed by atoms with Gasteiger partial charge in [0, 0.05) is 5.69 Å². The first kappa shape index (κ1) is 10.3. The van der Waals surface area contributed by atoms with Crippen LogP contribution in [0.2, 0.25) is 0 Å². The van der Waals surface area contributed by atoms with Gasteiger partial charge < -0.3 is 5.32 Å². The molecule has 0 saturated carbocycles. The number of hydrogen-bond donors (Lipinski definition) is 1. The minimum atomic E-state index is 0.560. The van der Waals surface area contributed by atoms with Gasteiger partial charge in [0.2, 0.25) is 0 Å². The van der Waals surface area contributed by atoms with E-state index in [9.17, 15) is 0 Å². The summed E-state index contributed by atoms with van der Waals surface area (Å²) in [6.07, 6.45) is 5.18. The summed E-state index contributed by atoms with van der Waals surface area (Å²) in [5.74, 6) is 2.55. The van der Waals surface area contributed by atoms with Crippen LogP contribution >= 0.6 is 0 Å². The monoisotopic (exact) mass is 207 g/mol. The van der Waals surface area contributed by atoms with Gasteiger partial charge in [0.25, 0.3) is 0 Å². The van der Waals surface area contributed by atoms with Crippen LogP contribution in [-0.2, 0) is 0 Å². The molecule has 0 unspecified atom stereocenters. The van der Waals surface area contributed by atoms with E-state index in [0.29, 0.717) is 6.54 Å². The molecule has 0 atom stereocenters. The lowest BCUT2D eigenvalue weighted by molar-refractivity contribution is 1.38. The fraction of sp³-hybridized carbons (Fsp3) is 0.0667. The van der Waals surface area contributed by atoms with Gasteiger partial charge in [-0.1, -0.05) is 48.4 Å². The second-order valence-corrected chi connectivity index (χ2v) is 3.50. The minimum absolute atomic E-state index is 0.560. The third-order valence-corrected chi connectivity index (χ3v) is 2.39. The Hall–Kier alpha value is -2.20. The van der Waals surface area contributed by atoms with Crippen molar-refractivity contribution in [2.75, 3.05) is 11.9 Å². The molecule has 1 nitrogen and oxygen atoms in total. The van der Waals surface area contributed by atoms with Gasteiger partial charge in [-0.2, -0.15) is 0 Å². The van der Waals surface area contributed by atoms with Gasteiger partial charge in [0.15, 0.2) is 0 Å². The van der Waals surface area contributed by atoms with E-state index in [1.807, 2.05) is 30.3 Å². The molecule has 0 aliphatic heterocycles. The van der Waals surface area contributed by atoms with Crippen molar-refractivity contribution in [1.29, 1.82) is 0 Å².